The van der Waals surface area contributed by atoms with Gasteiger partial charge < -0.3 is 0 Å². The molecule has 3 aromatic rings. The molecule has 0 fully saturated rings. The third-order valence-electron chi connectivity index (χ3n) is 3.73. The van der Waals surface area contributed by atoms with Crippen molar-refractivity contribution < 1.29 is 0 Å². The highest BCUT2D eigenvalue weighted by Gasteiger charge is 2.03. The van der Waals surface area contributed by atoms with E-state index in [1.165, 1.54) is 16.3 Å². The molecule has 2 heteroatoms. The maximum atomic E-state index is 4.12. The molecule has 2 aromatic carbocycles. The SMILES string of the molecule is CN(C/C=C/c1cccnc1)Cc1cccc2ccccc12. The van der Waals surface area contributed by atoms with Crippen LogP contribution < -0.4 is 0 Å². The van der Waals surface area contributed by atoms with Crippen LogP contribution in [-0.4, -0.2) is 23.5 Å². The number of nitrogens with zero attached hydrogens (tertiary/aromatic N) is 2. The summed E-state index contributed by atoms with van der Waals surface area (Å²) < 4.78 is 0. The van der Waals surface area contributed by atoms with Gasteiger partial charge in [0.05, 0.1) is 0 Å². The molecule has 0 amide bonds. The van der Waals surface area contributed by atoms with Crippen molar-refractivity contribution in [3.63, 3.8) is 0 Å². The van der Waals surface area contributed by atoms with Crippen LogP contribution in [-0.2, 0) is 6.54 Å². The first kappa shape index (κ1) is 14.5. The Morgan fingerprint density at radius 1 is 1.00 bits per heavy atom. The van der Waals surface area contributed by atoms with Crippen LogP contribution in [0.15, 0.2) is 73.1 Å². The van der Waals surface area contributed by atoms with Gasteiger partial charge in [0, 0.05) is 25.5 Å². The van der Waals surface area contributed by atoms with E-state index in [0.29, 0.717) is 0 Å². The molecule has 0 aliphatic carbocycles. The first-order valence-corrected chi connectivity index (χ1v) is 7.55. The topological polar surface area (TPSA) is 16.1 Å². The fraction of sp³-hybridized carbons (Fsp3) is 0.150. The van der Waals surface area contributed by atoms with E-state index in [1.54, 1.807) is 6.20 Å². The van der Waals surface area contributed by atoms with Crippen LogP contribution in [0.2, 0.25) is 0 Å². The summed E-state index contributed by atoms with van der Waals surface area (Å²) in [4.78, 5) is 6.43. The molecule has 22 heavy (non-hydrogen) atoms. The molecule has 0 aliphatic rings. The van der Waals surface area contributed by atoms with Crippen LogP contribution in [0.5, 0.6) is 0 Å². The summed E-state index contributed by atoms with van der Waals surface area (Å²) in [6.07, 6.45) is 7.97. The Morgan fingerprint density at radius 3 is 2.73 bits per heavy atom. The van der Waals surface area contributed by atoms with Crippen LogP contribution in [0.25, 0.3) is 16.8 Å². The molecule has 0 aliphatic heterocycles. The number of likely N-dealkylation sites (N-methyl/N-ethyl adjacent to an activating group) is 1. The van der Waals surface area contributed by atoms with E-state index in [9.17, 15) is 0 Å². The van der Waals surface area contributed by atoms with Gasteiger partial charge in [-0.15, -0.1) is 0 Å². The molecule has 0 saturated carbocycles. The molecule has 110 valence electrons. The van der Waals surface area contributed by atoms with Crippen molar-refractivity contribution in [3.05, 3.63) is 84.2 Å². The monoisotopic (exact) mass is 288 g/mol. The smallest absolute Gasteiger partial charge is 0.0340 e. The van der Waals surface area contributed by atoms with Crippen molar-refractivity contribution in [2.24, 2.45) is 0 Å². The van der Waals surface area contributed by atoms with Gasteiger partial charge in [-0.25, -0.2) is 0 Å². The molecule has 0 atom stereocenters. The predicted octanol–water partition coefficient (Wildman–Crippen LogP) is 4.38. The van der Waals surface area contributed by atoms with Gasteiger partial charge in [-0.3, -0.25) is 9.88 Å². The van der Waals surface area contributed by atoms with E-state index < -0.39 is 0 Å². The maximum absolute atomic E-state index is 4.12. The van der Waals surface area contributed by atoms with Crippen LogP contribution in [0.4, 0.5) is 0 Å². The third-order valence-corrected chi connectivity index (χ3v) is 3.73. The lowest BCUT2D eigenvalue weighted by Crippen LogP contribution is -2.17. The Balaban J connectivity index is 1.66. The Hall–Kier alpha value is -2.45. The van der Waals surface area contributed by atoms with Crippen molar-refractivity contribution in [2.75, 3.05) is 13.6 Å². The zero-order valence-electron chi connectivity index (χ0n) is 12.8. The Morgan fingerprint density at radius 2 is 1.86 bits per heavy atom. The molecule has 3 rings (SSSR count). The number of benzene rings is 2. The molecule has 0 spiro atoms. The van der Waals surface area contributed by atoms with Crippen molar-refractivity contribution >= 4 is 16.8 Å². The average molecular weight is 288 g/mol. The summed E-state index contributed by atoms with van der Waals surface area (Å²) in [5.74, 6) is 0. The van der Waals surface area contributed by atoms with E-state index in [-0.39, 0.29) is 0 Å². The van der Waals surface area contributed by atoms with Crippen LogP contribution in [0.1, 0.15) is 11.1 Å². The van der Waals surface area contributed by atoms with Crippen LogP contribution >= 0.6 is 0 Å². The number of hydrogen-bond acceptors (Lipinski definition) is 2. The van der Waals surface area contributed by atoms with Crippen molar-refractivity contribution in [2.45, 2.75) is 6.54 Å². The summed E-state index contributed by atoms with van der Waals surface area (Å²) in [5, 5.41) is 2.65. The number of pyridine rings is 1. The molecule has 0 N–H and O–H groups in total. The summed E-state index contributed by atoms with van der Waals surface area (Å²) in [6.45, 7) is 1.86. The van der Waals surface area contributed by atoms with Gasteiger partial charge in [0.1, 0.15) is 0 Å². The second-order valence-corrected chi connectivity index (χ2v) is 5.52. The highest BCUT2D eigenvalue weighted by Crippen LogP contribution is 2.19. The molecule has 1 heterocycles. The van der Waals surface area contributed by atoms with Crippen LogP contribution in [0.3, 0.4) is 0 Å². The Bertz CT molecular complexity index is 758. The molecule has 0 bridgehead atoms. The number of hydrogen-bond donors (Lipinski definition) is 0. The minimum absolute atomic E-state index is 0.915. The summed E-state index contributed by atoms with van der Waals surface area (Å²) >= 11 is 0. The zero-order valence-corrected chi connectivity index (χ0v) is 12.8. The summed E-state index contributed by atoms with van der Waals surface area (Å²) in [5.41, 5.74) is 2.51. The number of fused-ring (bicyclic) bond motifs is 1. The van der Waals surface area contributed by atoms with E-state index >= 15 is 0 Å². The van der Waals surface area contributed by atoms with Crippen molar-refractivity contribution in [1.29, 1.82) is 0 Å². The van der Waals surface area contributed by atoms with Crippen molar-refractivity contribution in [3.8, 4) is 0 Å². The number of aromatic nitrogens is 1. The highest BCUT2D eigenvalue weighted by molar-refractivity contribution is 5.85. The summed E-state index contributed by atoms with van der Waals surface area (Å²) in [6, 6.07) is 19.1. The normalized spacial score (nSPS) is 11.5. The lowest BCUT2D eigenvalue weighted by Gasteiger charge is -2.16. The molecule has 0 radical (unpaired) electrons. The quantitative estimate of drug-likeness (QED) is 0.692. The molecular weight excluding hydrogens is 268 g/mol. The zero-order chi connectivity index (χ0) is 15.2. The minimum atomic E-state index is 0.915. The van der Waals surface area contributed by atoms with Gasteiger partial charge in [0.2, 0.25) is 0 Å². The third kappa shape index (κ3) is 3.60. The van der Waals surface area contributed by atoms with Gasteiger partial charge in [-0.1, -0.05) is 60.7 Å². The van der Waals surface area contributed by atoms with E-state index in [0.717, 1.165) is 18.7 Å². The fourth-order valence-electron chi connectivity index (χ4n) is 2.63. The summed E-state index contributed by atoms with van der Waals surface area (Å²) in [7, 11) is 2.15. The first-order valence-electron chi connectivity index (χ1n) is 7.55. The maximum Gasteiger partial charge on any atom is 0.0340 e. The predicted molar refractivity (Wildman–Crippen MR) is 93.6 cm³/mol. The van der Waals surface area contributed by atoms with E-state index in [2.05, 4.69) is 77.6 Å². The first-order chi connectivity index (χ1) is 10.8. The largest absolute Gasteiger partial charge is 0.298 e. The van der Waals surface area contributed by atoms with E-state index in [4.69, 9.17) is 0 Å². The fourth-order valence-corrected chi connectivity index (χ4v) is 2.63. The standard InChI is InChI=1S/C20H20N2/c1-22(14-6-8-17-7-5-13-21-15-17)16-19-11-4-10-18-9-2-3-12-20(18)19/h2-13,15H,14,16H2,1H3/b8-6+. The second kappa shape index (κ2) is 7.01. The van der Waals surface area contributed by atoms with E-state index in [1.807, 2.05) is 12.3 Å². The number of rotatable bonds is 5. The molecule has 2 nitrogen and oxygen atoms in total. The highest BCUT2D eigenvalue weighted by atomic mass is 15.1. The second-order valence-electron chi connectivity index (χ2n) is 5.52. The molecule has 0 saturated heterocycles. The molecule has 1 aromatic heterocycles. The van der Waals surface area contributed by atoms with Gasteiger partial charge in [0.15, 0.2) is 0 Å². The van der Waals surface area contributed by atoms with Gasteiger partial charge in [-0.2, -0.15) is 0 Å². The van der Waals surface area contributed by atoms with Gasteiger partial charge in [-0.05, 0) is 35.0 Å². The average Bonchev–Trinajstić information content (AvgIpc) is 2.56. The molecule has 0 unspecified atom stereocenters. The van der Waals surface area contributed by atoms with Crippen molar-refractivity contribution in [1.82, 2.24) is 9.88 Å². The van der Waals surface area contributed by atoms with Gasteiger partial charge in [0.25, 0.3) is 0 Å². The minimum Gasteiger partial charge on any atom is -0.298 e. The molecular formula is C20H20N2. The Labute approximate surface area is 131 Å². The lowest BCUT2D eigenvalue weighted by atomic mass is 10.0. The lowest BCUT2D eigenvalue weighted by molar-refractivity contribution is 0.365. The van der Waals surface area contributed by atoms with Crippen LogP contribution in [0, 0.1) is 0 Å². The Kier molecular flexibility index (Phi) is 4.62. The van der Waals surface area contributed by atoms with Gasteiger partial charge >= 0.3 is 0 Å².